The van der Waals surface area contributed by atoms with Gasteiger partial charge in [0.2, 0.25) is 0 Å². The molecule has 1 saturated heterocycles. The summed E-state index contributed by atoms with van der Waals surface area (Å²) >= 11 is 5.76. The predicted molar refractivity (Wildman–Crippen MR) is 66.9 cm³/mol. The Balaban J connectivity index is 0.00000180. The highest BCUT2D eigenvalue weighted by atomic mass is 35.5. The van der Waals surface area contributed by atoms with E-state index in [1.54, 1.807) is 6.07 Å². The standard InChI is InChI=1S/C11H11ClF3NO2.ClH/c12-8-5-7(9-6-17-4-3-16-9)1-2-10(8)18-11(13,14)15;/h1-2,5,9,16H,3-4,6H2;1H/t9-;/m1./s1. The van der Waals surface area contributed by atoms with E-state index in [1.165, 1.54) is 12.1 Å². The normalized spacial score (nSPS) is 19.7. The van der Waals surface area contributed by atoms with Crippen molar-refractivity contribution < 1.29 is 22.6 Å². The highest BCUT2D eigenvalue weighted by Crippen LogP contribution is 2.32. The second-order valence-electron chi connectivity index (χ2n) is 3.82. The van der Waals surface area contributed by atoms with Gasteiger partial charge in [-0.25, -0.2) is 0 Å². The fourth-order valence-corrected chi connectivity index (χ4v) is 1.95. The number of hydrogen-bond acceptors (Lipinski definition) is 3. The van der Waals surface area contributed by atoms with E-state index in [9.17, 15) is 13.2 Å². The Morgan fingerprint density at radius 3 is 2.63 bits per heavy atom. The van der Waals surface area contributed by atoms with Gasteiger partial charge in [0.1, 0.15) is 5.75 Å². The van der Waals surface area contributed by atoms with E-state index in [2.05, 4.69) is 10.1 Å². The number of rotatable bonds is 2. The maximum Gasteiger partial charge on any atom is 0.573 e. The minimum Gasteiger partial charge on any atom is -0.404 e. The van der Waals surface area contributed by atoms with Crippen molar-refractivity contribution in [1.29, 1.82) is 0 Å². The van der Waals surface area contributed by atoms with Crippen molar-refractivity contribution in [3.05, 3.63) is 28.8 Å². The first-order valence-electron chi connectivity index (χ1n) is 5.32. The lowest BCUT2D eigenvalue weighted by Crippen LogP contribution is -2.34. The average molecular weight is 318 g/mol. The molecule has 2 rings (SSSR count). The lowest BCUT2D eigenvalue weighted by molar-refractivity contribution is -0.274. The molecule has 1 aromatic rings. The zero-order valence-electron chi connectivity index (χ0n) is 9.67. The molecule has 0 bridgehead atoms. The first-order chi connectivity index (χ1) is 8.46. The fourth-order valence-electron chi connectivity index (χ4n) is 1.72. The summed E-state index contributed by atoms with van der Waals surface area (Å²) in [4.78, 5) is 0. The summed E-state index contributed by atoms with van der Waals surface area (Å²) in [7, 11) is 0. The average Bonchev–Trinajstić information content (AvgIpc) is 2.31. The van der Waals surface area contributed by atoms with Gasteiger partial charge in [0.25, 0.3) is 0 Å². The molecular formula is C11H12Cl2F3NO2. The number of halogens is 5. The first kappa shape index (κ1) is 16.4. The van der Waals surface area contributed by atoms with Gasteiger partial charge in [-0.05, 0) is 17.7 Å². The zero-order chi connectivity index (χ0) is 13.2. The molecule has 1 aromatic carbocycles. The third-order valence-corrected chi connectivity index (χ3v) is 2.80. The number of morpholine rings is 1. The van der Waals surface area contributed by atoms with E-state index in [4.69, 9.17) is 16.3 Å². The Hall–Kier alpha value is -0.690. The van der Waals surface area contributed by atoms with E-state index in [0.29, 0.717) is 19.8 Å². The van der Waals surface area contributed by atoms with Crippen molar-refractivity contribution in [2.45, 2.75) is 12.4 Å². The Bertz CT molecular complexity index is 423. The van der Waals surface area contributed by atoms with E-state index in [1.807, 2.05) is 0 Å². The summed E-state index contributed by atoms with van der Waals surface area (Å²) in [5.41, 5.74) is 0.772. The Labute approximate surface area is 119 Å². The predicted octanol–water partition coefficient (Wildman–Crippen LogP) is 3.32. The molecule has 1 N–H and O–H groups in total. The van der Waals surface area contributed by atoms with Crippen molar-refractivity contribution >= 4 is 24.0 Å². The van der Waals surface area contributed by atoms with Crippen molar-refractivity contribution in [3.63, 3.8) is 0 Å². The highest BCUT2D eigenvalue weighted by Gasteiger charge is 2.32. The molecule has 19 heavy (non-hydrogen) atoms. The van der Waals surface area contributed by atoms with Crippen LogP contribution in [0.4, 0.5) is 13.2 Å². The minimum absolute atomic E-state index is 0. The minimum atomic E-state index is -4.74. The number of benzene rings is 1. The van der Waals surface area contributed by atoms with Crippen LogP contribution in [0, 0.1) is 0 Å². The molecule has 1 atom stereocenters. The molecule has 0 aromatic heterocycles. The summed E-state index contributed by atoms with van der Waals surface area (Å²) < 4.78 is 45.3. The topological polar surface area (TPSA) is 30.5 Å². The lowest BCUT2D eigenvalue weighted by Gasteiger charge is -2.24. The Morgan fingerprint density at radius 1 is 1.37 bits per heavy atom. The van der Waals surface area contributed by atoms with Crippen LogP contribution in [0.5, 0.6) is 5.75 Å². The van der Waals surface area contributed by atoms with Crippen molar-refractivity contribution in [1.82, 2.24) is 5.32 Å². The van der Waals surface area contributed by atoms with Gasteiger partial charge in [-0.2, -0.15) is 0 Å². The molecule has 1 fully saturated rings. The van der Waals surface area contributed by atoms with E-state index in [-0.39, 0.29) is 23.5 Å². The maximum atomic E-state index is 12.1. The van der Waals surface area contributed by atoms with Crippen LogP contribution in [0.25, 0.3) is 0 Å². The van der Waals surface area contributed by atoms with Gasteiger partial charge >= 0.3 is 6.36 Å². The number of ether oxygens (including phenoxy) is 2. The van der Waals surface area contributed by atoms with Crippen molar-refractivity contribution in [3.8, 4) is 5.75 Å². The largest absolute Gasteiger partial charge is 0.573 e. The van der Waals surface area contributed by atoms with E-state index in [0.717, 1.165) is 5.56 Å². The quantitative estimate of drug-likeness (QED) is 0.907. The van der Waals surface area contributed by atoms with Gasteiger partial charge in [0, 0.05) is 6.54 Å². The summed E-state index contributed by atoms with van der Waals surface area (Å²) in [6.45, 7) is 1.79. The molecule has 0 aliphatic carbocycles. The molecule has 1 heterocycles. The van der Waals surface area contributed by atoms with Gasteiger partial charge in [-0.15, -0.1) is 25.6 Å². The molecule has 8 heteroatoms. The molecule has 0 spiro atoms. The van der Waals surface area contributed by atoms with E-state index < -0.39 is 12.1 Å². The monoisotopic (exact) mass is 317 g/mol. The summed E-state index contributed by atoms with van der Waals surface area (Å²) in [5, 5.41) is 3.11. The van der Waals surface area contributed by atoms with Gasteiger partial charge in [-0.1, -0.05) is 17.7 Å². The third kappa shape index (κ3) is 4.72. The molecular weight excluding hydrogens is 306 g/mol. The number of hydrogen-bond donors (Lipinski definition) is 1. The summed E-state index contributed by atoms with van der Waals surface area (Å²) in [6.07, 6.45) is -4.74. The smallest absolute Gasteiger partial charge is 0.404 e. The summed E-state index contributed by atoms with van der Waals surface area (Å²) in [5.74, 6) is -0.398. The van der Waals surface area contributed by atoms with Crippen LogP contribution in [0.2, 0.25) is 5.02 Å². The lowest BCUT2D eigenvalue weighted by atomic mass is 10.1. The molecule has 1 aliphatic rings. The van der Waals surface area contributed by atoms with Gasteiger partial charge < -0.3 is 14.8 Å². The van der Waals surface area contributed by atoms with Crippen LogP contribution in [-0.2, 0) is 4.74 Å². The fraction of sp³-hybridized carbons (Fsp3) is 0.455. The van der Waals surface area contributed by atoms with Crippen LogP contribution in [0.15, 0.2) is 18.2 Å². The first-order valence-corrected chi connectivity index (χ1v) is 5.70. The van der Waals surface area contributed by atoms with Crippen molar-refractivity contribution in [2.24, 2.45) is 0 Å². The molecule has 3 nitrogen and oxygen atoms in total. The van der Waals surface area contributed by atoms with Crippen LogP contribution in [0.3, 0.4) is 0 Å². The Kier molecular flexibility index (Phi) is 5.73. The molecule has 1 aliphatic heterocycles. The van der Waals surface area contributed by atoms with Gasteiger partial charge in [0.05, 0.1) is 24.3 Å². The number of alkyl halides is 3. The summed E-state index contributed by atoms with van der Waals surface area (Å²) in [6, 6.07) is 4.14. The molecule has 0 radical (unpaired) electrons. The molecule has 0 saturated carbocycles. The van der Waals surface area contributed by atoms with Crippen LogP contribution in [-0.4, -0.2) is 26.1 Å². The Morgan fingerprint density at radius 2 is 2.11 bits per heavy atom. The maximum absolute atomic E-state index is 12.1. The highest BCUT2D eigenvalue weighted by molar-refractivity contribution is 6.32. The molecule has 0 amide bonds. The van der Waals surface area contributed by atoms with Gasteiger partial charge in [-0.3, -0.25) is 0 Å². The second kappa shape index (κ2) is 6.65. The second-order valence-corrected chi connectivity index (χ2v) is 4.23. The molecule has 0 unspecified atom stereocenters. The van der Waals surface area contributed by atoms with Gasteiger partial charge in [0.15, 0.2) is 0 Å². The SMILES string of the molecule is Cl.FC(F)(F)Oc1ccc([C@H]2COCCN2)cc1Cl. The number of nitrogens with one attached hydrogen (secondary N) is 1. The molecule has 108 valence electrons. The van der Waals surface area contributed by atoms with Crippen molar-refractivity contribution in [2.75, 3.05) is 19.8 Å². The van der Waals surface area contributed by atoms with Crippen LogP contribution in [0.1, 0.15) is 11.6 Å². The zero-order valence-corrected chi connectivity index (χ0v) is 11.2. The van der Waals surface area contributed by atoms with E-state index >= 15 is 0 Å². The van der Waals surface area contributed by atoms with Crippen LogP contribution < -0.4 is 10.1 Å². The third-order valence-electron chi connectivity index (χ3n) is 2.51. The van der Waals surface area contributed by atoms with Crippen LogP contribution >= 0.6 is 24.0 Å².